The molecule has 1 aromatic rings. The zero-order valence-corrected chi connectivity index (χ0v) is 13.6. The van der Waals surface area contributed by atoms with Crippen LogP contribution >= 0.6 is 11.6 Å². The summed E-state index contributed by atoms with van der Waals surface area (Å²) < 4.78 is 36.4. The van der Waals surface area contributed by atoms with Gasteiger partial charge in [0.1, 0.15) is 0 Å². The van der Waals surface area contributed by atoms with Crippen molar-refractivity contribution in [3.05, 3.63) is 34.9 Å². The van der Waals surface area contributed by atoms with Crippen LogP contribution in [0.1, 0.15) is 25.8 Å². The highest BCUT2D eigenvalue weighted by atomic mass is 35.5. The van der Waals surface area contributed by atoms with Crippen LogP contribution in [0.25, 0.3) is 0 Å². The summed E-state index contributed by atoms with van der Waals surface area (Å²) >= 11 is 6.19. The third-order valence-corrected chi connectivity index (χ3v) is 3.55. The van der Waals surface area contributed by atoms with Gasteiger partial charge in [-0.25, -0.2) is 0 Å². The molecule has 124 valence electrons. The van der Waals surface area contributed by atoms with Gasteiger partial charge in [-0.15, -0.1) is 0 Å². The highest BCUT2D eigenvalue weighted by molar-refractivity contribution is 6.31. The van der Waals surface area contributed by atoms with Crippen LogP contribution in [0.2, 0.25) is 5.02 Å². The van der Waals surface area contributed by atoms with Gasteiger partial charge in [-0.05, 0) is 11.6 Å². The first kappa shape index (κ1) is 18.6. The summed E-state index contributed by atoms with van der Waals surface area (Å²) in [6, 6.07) is 7.51. The normalized spacial score (nSPS) is 13.1. The molecule has 0 amide bonds. The Bertz CT molecular complexity index is 513. The SMILES string of the molecule is CN=C(NCCC(F)(F)F)NCC(C)(C)c1ccccc1Cl. The Hall–Kier alpha value is -1.43. The fourth-order valence-electron chi connectivity index (χ4n) is 1.95. The van der Waals surface area contributed by atoms with Crippen LogP contribution in [-0.4, -0.2) is 32.3 Å². The van der Waals surface area contributed by atoms with Crippen LogP contribution in [0.4, 0.5) is 13.2 Å². The summed E-state index contributed by atoms with van der Waals surface area (Å²) in [5.74, 6) is 0.337. The molecular weight excluding hydrogens is 315 g/mol. The molecule has 0 saturated carbocycles. The van der Waals surface area contributed by atoms with Gasteiger partial charge in [0.2, 0.25) is 0 Å². The quantitative estimate of drug-likeness (QED) is 0.635. The van der Waals surface area contributed by atoms with E-state index in [1.165, 1.54) is 7.05 Å². The topological polar surface area (TPSA) is 36.4 Å². The molecule has 0 fully saturated rings. The Morgan fingerprint density at radius 1 is 1.18 bits per heavy atom. The van der Waals surface area contributed by atoms with E-state index < -0.39 is 12.6 Å². The first-order valence-electron chi connectivity index (χ1n) is 6.92. The van der Waals surface area contributed by atoms with E-state index in [0.29, 0.717) is 17.5 Å². The Morgan fingerprint density at radius 3 is 2.36 bits per heavy atom. The van der Waals surface area contributed by atoms with Crippen molar-refractivity contribution in [3.8, 4) is 0 Å². The molecule has 0 aliphatic carbocycles. The monoisotopic (exact) mass is 335 g/mol. The van der Waals surface area contributed by atoms with Gasteiger partial charge in [0.25, 0.3) is 0 Å². The molecule has 0 bridgehead atoms. The van der Waals surface area contributed by atoms with E-state index in [9.17, 15) is 13.2 Å². The number of benzene rings is 1. The van der Waals surface area contributed by atoms with Gasteiger partial charge in [0, 0.05) is 30.6 Å². The zero-order valence-electron chi connectivity index (χ0n) is 12.9. The predicted molar refractivity (Wildman–Crippen MR) is 84.5 cm³/mol. The van der Waals surface area contributed by atoms with Crippen LogP contribution in [0, 0.1) is 0 Å². The van der Waals surface area contributed by atoms with Crippen LogP contribution in [0.3, 0.4) is 0 Å². The molecule has 0 spiro atoms. The van der Waals surface area contributed by atoms with Crippen molar-refractivity contribution in [2.75, 3.05) is 20.1 Å². The summed E-state index contributed by atoms with van der Waals surface area (Å²) in [7, 11) is 1.52. The Balaban J connectivity index is 2.57. The van der Waals surface area contributed by atoms with Crippen molar-refractivity contribution in [3.63, 3.8) is 0 Å². The average Bonchev–Trinajstić information content (AvgIpc) is 2.41. The van der Waals surface area contributed by atoms with Crippen LogP contribution < -0.4 is 10.6 Å². The third kappa shape index (κ3) is 6.13. The zero-order chi connectivity index (χ0) is 16.8. The maximum atomic E-state index is 12.1. The van der Waals surface area contributed by atoms with Crippen LogP contribution in [0.5, 0.6) is 0 Å². The highest BCUT2D eigenvalue weighted by Gasteiger charge is 2.27. The number of hydrogen-bond donors (Lipinski definition) is 2. The van der Waals surface area contributed by atoms with E-state index in [1.807, 2.05) is 38.1 Å². The maximum Gasteiger partial charge on any atom is 0.390 e. The van der Waals surface area contributed by atoms with Crippen molar-refractivity contribution in [1.82, 2.24) is 10.6 Å². The van der Waals surface area contributed by atoms with Gasteiger partial charge in [0.05, 0.1) is 6.42 Å². The van der Waals surface area contributed by atoms with Crippen molar-refractivity contribution in [2.45, 2.75) is 31.9 Å². The Morgan fingerprint density at radius 2 is 1.82 bits per heavy atom. The fourth-order valence-corrected chi connectivity index (χ4v) is 2.34. The number of guanidine groups is 1. The number of nitrogens with zero attached hydrogens (tertiary/aromatic N) is 1. The second-order valence-corrected chi connectivity index (χ2v) is 5.99. The number of nitrogens with one attached hydrogen (secondary N) is 2. The molecule has 1 rings (SSSR count). The number of aliphatic imine (C=N–C) groups is 1. The first-order chi connectivity index (χ1) is 10.2. The lowest BCUT2D eigenvalue weighted by molar-refractivity contribution is -0.132. The van der Waals surface area contributed by atoms with Crippen LogP contribution in [0.15, 0.2) is 29.3 Å². The number of alkyl halides is 3. The minimum atomic E-state index is -4.18. The minimum Gasteiger partial charge on any atom is -0.356 e. The second kappa shape index (κ2) is 7.72. The number of rotatable bonds is 5. The van der Waals surface area contributed by atoms with Crippen molar-refractivity contribution in [1.29, 1.82) is 0 Å². The fraction of sp³-hybridized carbons (Fsp3) is 0.533. The predicted octanol–water partition coefficient (Wildman–Crippen LogP) is 3.74. The van der Waals surface area contributed by atoms with Gasteiger partial charge in [-0.2, -0.15) is 13.2 Å². The van der Waals surface area contributed by atoms with E-state index in [4.69, 9.17) is 11.6 Å². The van der Waals surface area contributed by atoms with E-state index >= 15 is 0 Å². The van der Waals surface area contributed by atoms with Crippen LogP contribution in [-0.2, 0) is 5.41 Å². The van der Waals surface area contributed by atoms with E-state index in [-0.39, 0.29) is 12.0 Å². The minimum absolute atomic E-state index is 0.213. The molecule has 22 heavy (non-hydrogen) atoms. The molecule has 0 saturated heterocycles. The molecule has 0 heterocycles. The molecule has 0 aliphatic heterocycles. The summed E-state index contributed by atoms with van der Waals surface area (Å²) in [5.41, 5.74) is 0.676. The van der Waals surface area contributed by atoms with Gasteiger partial charge in [-0.1, -0.05) is 43.6 Å². The molecule has 3 nitrogen and oxygen atoms in total. The first-order valence-corrected chi connectivity index (χ1v) is 7.30. The maximum absolute atomic E-state index is 12.1. The molecule has 0 unspecified atom stereocenters. The largest absolute Gasteiger partial charge is 0.390 e. The summed E-state index contributed by atoms with van der Waals surface area (Å²) in [4.78, 5) is 3.92. The molecule has 2 N–H and O–H groups in total. The number of hydrogen-bond acceptors (Lipinski definition) is 1. The molecule has 0 atom stereocenters. The molecule has 0 aromatic heterocycles. The standard InChI is InChI=1S/C15H21ClF3N3/c1-14(2,11-6-4-5-7-12(11)16)10-22-13(20-3)21-9-8-15(17,18)19/h4-7H,8-10H2,1-3H3,(H2,20,21,22). The van der Waals surface area contributed by atoms with Crippen molar-refractivity contribution < 1.29 is 13.2 Å². The summed E-state index contributed by atoms with van der Waals surface area (Å²) in [6.45, 7) is 4.28. The van der Waals surface area contributed by atoms with E-state index in [1.54, 1.807) is 0 Å². The van der Waals surface area contributed by atoms with Crippen molar-refractivity contribution >= 4 is 17.6 Å². The van der Waals surface area contributed by atoms with Gasteiger partial charge in [-0.3, -0.25) is 4.99 Å². The summed E-state index contributed by atoms with van der Waals surface area (Å²) in [6.07, 6.45) is -5.08. The molecule has 0 aliphatic rings. The van der Waals surface area contributed by atoms with E-state index in [0.717, 1.165) is 5.56 Å². The molecule has 7 heteroatoms. The Labute approximate surface area is 134 Å². The Kier molecular flexibility index (Phi) is 6.53. The molecule has 1 aromatic carbocycles. The lowest BCUT2D eigenvalue weighted by Gasteiger charge is -2.27. The van der Waals surface area contributed by atoms with Gasteiger partial charge < -0.3 is 10.6 Å². The lowest BCUT2D eigenvalue weighted by Crippen LogP contribution is -2.44. The highest BCUT2D eigenvalue weighted by Crippen LogP contribution is 2.28. The summed E-state index contributed by atoms with van der Waals surface area (Å²) in [5, 5.41) is 6.35. The van der Waals surface area contributed by atoms with Crippen molar-refractivity contribution in [2.24, 2.45) is 4.99 Å². The number of halogens is 4. The van der Waals surface area contributed by atoms with Gasteiger partial charge in [0.15, 0.2) is 5.96 Å². The molecule has 0 radical (unpaired) electrons. The third-order valence-electron chi connectivity index (χ3n) is 3.23. The molecular formula is C15H21ClF3N3. The average molecular weight is 336 g/mol. The van der Waals surface area contributed by atoms with E-state index in [2.05, 4.69) is 15.6 Å². The van der Waals surface area contributed by atoms with Gasteiger partial charge >= 0.3 is 6.18 Å². The smallest absolute Gasteiger partial charge is 0.356 e. The lowest BCUT2D eigenvalue weighted by atomic mass is 9.84. The second-order valence-electron chi connectivity index (χ2n) is 5.58.